The number of amides is 1. The normalized spacial score (nSPS) is 11.0. The predicted molar refractivity (Wildman–Crippen MR) is 80.0 cm³/mol. The Kier molecular flexibility index (Phi) is 4.68. The van der Waals surface area contributed by atoms with Crippen molar-refractivity contribution in [3.05, 3.63) is 23.2 Å². The van der Waals surface area contributed by atoms with Crippen LogP contribution in [0.2, 0.25) is 5.02 Å². The average molecular weight is 328 g/mol. The summed E-state index contributed by atoms with van der Waals surface area (Å²) < 4.78 is 0. The van der Waals surface area contributed by atoms with Crippen molar-refractivity contribution in [2.24, 2.45) is 10.2 Å². The van der Waals surface area contributed by atoms with Gasteiger partial charge in [-0.05, 0) is 30.4 Å². The lowest BCUT2D eigenvalue weighted by Gasteiger charge is -2.00. The van der Waals surface area contributed by atoms with Gasteiger partial charge in [-0.1, -0.05) is 11.6 Å². The number of nitrogens with one attached hydrogen (secondary N) is 3. The predicted octanol–water partition coefficient (Wildman–Crippen LogP) is 1.99. The van der Waals surface area contributed by atoms with E-state index in [9.17, 15) is 9.90 Å². The summed E-state index contributed by atoms with van der Waals surface area (Å²) in [6, 6.07) is 4.98. The Morgan fingerprint density at radius 2 is 2.24 bits per heavy atom. The fourth-order valence-corrected chi connectivity index (χ4v) is 1.85. The first-order valence-electron chi connectivity index (χ1n) is 5.64. The number of H-pyrrole nitrogens is 1. The molecule has 8 nitrogen and oxygen atoms in total. The number of hydrogen-bond acceptors (Lipinski definition) is 5. The number of hydroxylamine groups is 1. The van der Waals surface area contributed by atoms with E-state index in [0.29, 0.717) is 15.9 Å². The first-order valence-corrected chi connectivity index (χ1v) is 6.42. The fourth-order valence-electron chi connectivity index (χ4n) is 1.56. The SMILES string of the molecule is O=C(CNC(=S)N=Nc1c(O)[nH]c2ccc(Cl)cc12)NO. The van der Waals surface area contributed by atoms with Crippen molar-refractivity contribution in [1.82, 2.24) is 15.8 Å². The highest BCUT2D eigenvalue weighted by molar-refractivity contribution is 7.80. The van der Waals surface area contributed by atoms with Gasteiger partial charge >= 0.3 is 0 Å². The molecule has 0 atom stereocenters. The molecule has 0 aliphatic heterocycles. The molecule has 0 saturated heterocycles. The highest BCUT2D eigenvalue weighted by Gasteiger charge is 2.11. The Morgan fingerprint density at radius 3 is 2.95 bits per heavy atom. The maximum atomic E-state index is 10.8. The number of hydrogen-bond donors (Lipinski definition) is 5. The monoisotopic (exact) mass is 327 g/mol. The summed E-state index contributed by atoms with van der Waals surface area (Å²) >= 11 is 10.7. The summed E-state index contributed by atoms with van der Waals surface area (Å²) in [7, 11) is 0. The zero-order valence-corrected chi connectivity index (χ0v) is 12.0. The van der Waals surface area contributed by atoms with Crippen molar-refractivity contribution in [2.75, 3.05) is 6.54 Å². The van der Waals surface area contributed by atoms with Crippen LogP contribution < -0.4 is 10.8 Å². The molecular weight excluding hydrogens is 318 g/mol. The Hall–Kier alpha value is -2.23. The lowest BCUT2D eigenvalue weighted by Crippen LogP contribution is -2.33. The van der Waals surface area contributed by atoms with Gasteiger partial charge in [0, 0.05) is 10.4 Å². The van der Waals surface area contributed by atoms with E-state index < -0.39 is 5.91 Å². The number of nitrogens with zero attached hydrogens (tertiary/aromatic N) is 2. The van der Waals surface area contributed by atoms with Gasteiger partial charge in [-0.25, -0.2) is 5.48 Å². The van der Waals surface area contributed by atoms with E-state index in [2.05, 4.69) is 20.5 Å². The second-order valence-electron chi connectivity index (χ2n) is 3.91. The van der Waals surface area contributed by atoms with Gasteiger partial charge in [0.15, 0.2) is 5.69 Å². The second kappa shape index (κ2) is 6.48. The zero-order valence-electron chi connectivity index (χ0n) is 10.4. The molecule has 0 aliphatic rings. The molecular formula is C11H10ClN5O3S. The number of halogens is 1. The van der Waals surface area contributed by atoms with Gasteiger partial charge in [0.2, 0.25) is 11.0 Å². The number of carbonyl (C=O) groups excluding carboxylic acids is 1. The van der Waals surface area contributed by atoms with Crippen LogP contribution in [0.5, 0.6) is 5.88 Å². The van der Waals surface area contributed by atoms with Crippen molar-refractivity contribution in [3.8, 4) is 5.88 Å². The van der Waals surface area contributed by atoms with Crippen LogP contribution in [0.4, 0.5) is 5.69 Å². The third-order valence-corrected chi connectivity index (χ3v) is 2.94. The molecule has 0 radical (unpaired) electrons. The standard InChI is InChI=1S/C11H10ClN5O3S/c12-5-1-2-7-6(3-5)9(10(19)14-7)15-16-11(21)13-4-8(18)17-20/h1-3,14,19-20H,4H2,(H,13,21)(H,17,18). The summed E-state index contributed by atoms with van der Waals surface area (Å²) in [5, 5.41) is 29.1. The fraction of sp³-hybridized carbons (Fsp3) is 0.0909. The van der Waals surface area contributed by atoms with Gasteiger partial charge in [0.25, 0.3) is 5.91 Å². The summed E-state index contributed by atoms with van der Waals surface area (Å²) in [6.07, 6.45) is 0. The molecule has 1 aromatic carbocycles. The highest BCUT2D eigenvalue weighted by atomic mass is 35.5. The van der Waals surface area contributed by atoms with Crippen LogP contribution in [0.1, 0.15) is 0 Å². The summed E-state index contributed by atoms with van der Waals surface area (Å²) in [5.74, 6) is -0.846. The van der Waals surface area contributed by atoms with Crippen molar-refractivity contribution in [1.29, 1.82) is 0 Å². The van der Waals surface area contributed by atoms with Crippen LogP contribution in [0, 0.1) is 0 Å². The first kappa shape index (κ1) is 15.2. The Bertz CT molecular complexity index is 730. The van der Waals surface area contributed by atoms with Crippen LogP contribution in [0.3, 0.4) is 0 Å². The van der Waals surface area contributed by atoms with Crippen molar-refractivity contribution in [3.63, 3.8) is 0 Å². The molecule has 0 spiro atoms. The van der Waals surface area contributed by atoms with E-state index >= 15 is 0 Å². The van der Waals surface area contributed by atoms with Gasteiger partial charge < -0.3 is 15.4 Å². The largest absolute Gasteiger partial charge is 0.493 e. The van der Waals surface area contributed by atoms with E-state index in [1.165, 1.54) is 5.48 Å². The van der Waals surface area contributed by atoms with Crippen molar-refractivity contribution >= 4 is 51.4 Å². The number of benzene rings is 1. The van der Waals surface area contributed by atoms with Crippen LogP contribution in [-0.2, 0) is 4.79 Å². The quantitative estimate of drug-likeness (QED) is 0.255. The first-order chi connectivity index (χ1) is 10.0. The molecule has 10 heteroatoms. The lowest BCUT2D eigenvalue weighted by atomic mass is 10.2. The number of aromatic nitrogens is 1. The number of azo groups is 1. The van der Waals surface area contributed by atoms with E-state index in [4.69, 9.17) is 29.0 Å². The summed E-state index contributed by atoms with van der Waals surface area (Å²) in [5.41, 5.74) is 2.26. The minimum atomic E-state index is -0.672. The molecule has 0 aliphatic carbocycles. The van der Waals surface area contributed by atoms with Crippen LogP contribution in [0.15, 0.2) is 28.4 Å². The molecule has 1 amide bonds. The van der Waals surface area contributed by atoms with Gasteiger partial charge in [0.05, 0.1) is 12.1 Å². The number of fused-ring (bicyclic) bond motifs is 1. The third kappa shape index (κ3) is 3.66. The van der Waals surface area contributed by atoms with Crippen LogP contribution >= 0.6 is 23.8 Å². The molecule has 5 N–H and O–H groups in total. The van der Waals surface area contributed by atoms with Crippen molar-refractivity contribution < 1.29 is 15.1 Å². The maximum absolute atomic E-state index is 10.8. The van der Waals surface area contributed by atoms with E-state index in [1.54, 1.807) is 18.2 Å². The summed E-state index contributed by atoms with van der Waals surface area (Å²) in [4.78, 5) is 13.5. The van der Waals surface area contributed by atoms with Gasteiger partial charge in [0.1, 0.15) is 0 Å². The minimum absolute atomic E-state index is 0.0746. The molecule has 1 heterocycles. The lowest BCUT2D eigenvalue weighted by molar-refractivity contribution is -0.127. The van der Waals surface area contributed by atoms with E-state index in [0.717, 1.165) is 0 Å². The smallest absolute Gasteiger partial charge is 0.262 e. The molecule has 2 aromatic rings. The number of aromatic hydroxyl groups is 1. The third-order valence-electron chi connectivity index (χ3n) is 2.48. The minimum Gasteiger partial charge on any atom is -0.493 e. The molecule has 110 valence electrons. The number of thiocarbonyl (C=S) groups is 1. The van der Waals surface area contributed by atoms with Crippen LogP contribution in [-0.4, -0.2) is 32.9 Å². The molecule has 0 unspecified atom stereocenters. The topological polar surface area (TPSA) is 122 Å². The number of rotatable bonds is 3. The molecule has 1 aromatic heterocycles. The van der Waals surface area contributed by atoms with E-state index in [-0.39, 0.29) is 23.2 Å². The Labute approximate surface area is 128 Å². The molecule has 2 rings (SSSR count). The maximum Gasteiger partial charge on any atom is 0.262 e. The van der Waals surface area contributed by atoms with Gasteiger partial charge in [-0.3, -0.25) is 10.0 Å². The second-order valence-corrected chi connectivity index (χ2v) is 4.73. The average Bonchev–Trinajstić information content (AvgIpc) is 2.77. The summed E-state index contributed by atoms with van der Waals surface area (Å²) in [6.45, 7) is -0.250. The highest BCUT2D eigenvalue weighted by Crippen LogP contribution is 2.36. The Balaban J connectivity index is 2.17. The van der Waals surface area contributed by atoms with Gasteiger partial charge in [-0.2, -0.15) is 0 Å². The Morgan fingerprint density at radius 1 is 1.48 bits per heavy atom. The van der Waals surface area contributed by atoms with Crippen LogP contribution in [0.25, 0.3) is 10.9 Å². The molecule has 0 fully saturated rings. The number of aromatic amines is 1. The van der Waals surface area contributed by atoms with E-state index in [1.807, 2.05) is 0 Å². The molecule has 0 saturated carbocycles. The van der Waals surface area contributed by atoms with Crippen molar-refractivity contribution in [2.45, 2.75) is 0 Å². The molecule has 21 heavy (non-hydrogen) atoms. The molecule has 0 bridgehead atoms. The van der Waals surface area contributed by atoms with Gasteiger partial charge in [-0.15, -0.1) is 10.2 Å². The number of carbonyl (C=O) groups is 1. The zero-order chi connectivity index (χ0) is 15.4.